The molecule has 1 saturated heterocycles. The molecule has 0 radical (unpaired) electrons. The van der Waals surface area contributed by atoms with Gasteiger partial charge in [-0.1, -0.05) is 24.3 Å². The fourth-order valence-electron chi connectivity index (χ4n) is 3.81. The van der Waals surface area contributed by atoms with Gasteiger partial charge in [0.05, 0.1) is 17.0 Å². The van der Waals surface area contributed by atoms with Gasteiger partial charge in [-0.2, -0.15) is 0 Å². The summed E-state index contributed by atoms with van der Waals surface area (Å²) < 4.78 is 0. The van der Waals surface area contributed by atoms with Gasteiger partial charge < -0.3 is 20.6 Å². The van der Waals surface area contributed by atoms with Crippen molar-refractivity contribution in [2.45, 2.75) is 25.9 Å². The third-order valence-electron chi connectivity index (χ3n) is 5.77. The Hall–Kier alpha value is -3.65. The van der Waals surface area contributed by atoms with Crippen molar-refractivity contribution < 1.29 is 19.5 Å². The van der Waals surface area contributed by atoms with Crippen molar-refractivity contribution in [3.05, 3.63) is 76.2 Å². The van der Waals surface area contributed by atoms with Crippen molar-refractivity contribution in [1.82, 2.24) is 10.2 Å². The Labute approximate surface area is 196 Å². The number of carbonyl (C=O) groups is 3. The van der Waals surface area contributed by atoms with Crippen LogP contribution in [0.25, 0.3) is 10.4 Å². The van der Waals surface area contributed by atoms with E-state index in [1.165, 1.54) is 16.2 Å². The van der Waals surface area contributed by atoms with Crippen molar-refractivity contribution >= 4 is 35.3 Å². The first-order chi connectivity index (χ1) is 15.8. The van der Waals surface area contributed by atoms with Gasteiger partial charge >= 0.3 is 6.09 Å². The van der Waals surface area contributed by atoms with Crippen LogP contribution in [-0.2, 0) is 0 Å². The molecule has 3 N–H and O–H groups in total. The van der Waals surface area contributed by atoms with E-state index >= 15 is 0 Å². The Balaban J connectivity index is 1.44. The highest BCUT2D eigenvalue weighted by Gasteiger charge is 2.30. The van der Waals surface area contributed by atoms with E-state index in [-0.39, 0.29) is 18.0 Å². The Morgan fingerprint density at radius 3 is 2.64 bits per heavy atom. The molecule has 1 aromatic heterocycles. The largest absolute Gasteiger partial charge is 0.465 e. The van der Waals surface area contributed by atoms with E-state index in [9.17, 15) is 14.4 Å². The van der Waals surface area contributed by atoms with Crippen LogP contribution in [0.3, 0.4) is 0 Å². The molecule has 3 aromatic rings. The lowest BCUT2D eigenvalue weighted by Gasteiger charge is -2.38. The molecule has 33 heavy (non-hydrogen) atoms. The number of nitrogens with zero attached hydrogens (tertiary/aromatic N) is 1. The molecule has 1 aliphatic rings. The van der Waals surface area contributed by atoms with E-state index in [1.807, 2.05) is 62.4 Å². The van der Waals surface area contributed by atoms with Crippen LogP contribution < -0.4 is 10.6 Å². The molecule has 170 valence electrons. The summed E-state index contributed by atoms with van der Waals surface area (Å²) in [7, 11) is 0. The number of carbonyl (C=O) groups excluding carboxylic acids is 2. The second-order valence-electron chi connectivity index (χ2n) is 8.20. The van der Waals surface area contributed by atoms with Crippen LogP contribution in [0.4, 0.5) is 10.5 Å². The maximum atomic E-state index is 13.0. The van der Waals surface area contributed by atoms with Gasteiger partial charge in [0.1, 0.15) is 0 Å². The summed E-state index contributed by atoms with van der Waals surface area (Å²) >= 11 is 1.44. The van der Waals surface area contributed by atoms with Gasteiger partial charge in [0.25, 0.3) is 5.91 Å². The van der Waals surface area contributed by atoms with E-state index in [1.54, 1.807) is 6.07 Å². The molecule has 2 aromatic carbocycles. The lowest BCUT2D eigenvalue weighted by atomic mass is 10.0. The van der Waals surface area contributed by atoms with Gasteiger partial charge in [-0.25, -0.2) is 4.79 Å². The highest BCUT2D eigenvalue weighted by atomic mass is 32.1. The Bertz CT molecular complexity index is 1200. The normalized spacial score (nSPS) is 14.3. The molecule has 0 saturated carbocycles. The molecule has 0 bridgehead atoms. The summed E-state index contributed by atoms with van der Waals surface area (Å²) in [6, 6.07) is 17.1. The minimum Gasteiger partial charge on any atom is -0.465 e. The molecule has 4 rings (SSSR count). The van der Waals surface area contributed by atoms with E-state index in [2.05, 4.69) is 10.6 Å². The second kappa shape index (κ2) is 9.46. The third kappa shape index (κ3) is 5.06. The SMILES string of the molecule is Cc1ccc(NC2CN(C(=O)O)C2)cc1C(=O)N[C@H](C)c1cccc(-c2ccc(C=O)s2)c1. The molecule has 8 heteroatoms. The summed E-state index contributed by atoms with van der Waals surface area (Å²) in [6.07, 6.45) is -0.0717. The van der Waals surface area contributed by atoms with Crippen LogP contribution in [0.1, 0.15) is 44.1 Å². The molecule has 0 spiro atoms. The van der Waals surface area contributed by atoms with Crippen molar-refractivity contribution in [3.63, 3.8) is 0 Å². The van der Waals surface area contributed by atoms with Crippen molar-refractivity contribution in [2.24, 2.45) is 0 Å². The number of amides is 2. The number of carboxylic acid groups (broad SMARTS) is 1. The third-order valence-corrected chi connectivity index (χ3v) is 6.83. The topological polar surface area (TPSA) is 98.7 Å². The van der Waals surface area contributed by atoms with Gasteiger partial charge in [0, 0.05) is 29.2 Å². The highest BCUT2D eigenvalue weighted by molar-refractivity contribution is 7.17. The molecular weight excluding hydrogens is 438 g/mol. The molecule has 2 heterocycles. The Morgan fingerprint density at radius 2 is 1.94 bits per heavy atom. The van der Waals surface area contributed by atoms with E-state index in [0.29, 0.717) is 23.5 Å². The number of aryl methyl sites for hydroxylation is 1. The standard InChI is InChI=1S/C25H25N3O4S/c1-15-6-7-19(27-20-12-28(13-20)25(31)32)11-22(15)24(30)26-16(2)17-4-3-5-18(10-17)23-9-8-21(14-29)33-23/h3-11,14,16,20,27H,12-13H2,1-2H3,(H,26,30)(H,31,32)/t16-/m1/s1. The average molecular weight is 464 g/mol. The molecule has 1 fully saturated rings. The number of hydrogen-bond acceptors (Lipinski definition) is 5. The zero-order chi connectivity index (χ0) is 23.5. The van der Waals surface area contributed by atoms with Gasteiger partial charge in [0.2, 0.25) is 0 Å². The minimum atomic E-state index is -0.918. The first-order valence-electron chi connectivity index (χ1n) is 10.7. The highest BCUT2D eigenvalue weighted by Crippen LogP contribution is 2.29. The minimum absolute atomic E-state index is 0.0402. The molecule has 0 aliphatic carbocycles. The molecular formula is C25H25N3O4S. The van der Waals surface area contributed by atoms with Crippen molar-refractivity contribution in [3.8, 4) is 10.4 Å². The number of nitrogens with one attached hydrogen (secondary N) is 2. The lowest BCUT2D eigenvalue weighted by Crippen LogP contribution is -2.56. The summed E-state index contributed by atoms with van der Waals surface area (Å²) in [6.45, 7) is 4.68. The number of benzene rings is 2. The van der Waals surface area contributed by atoms with Gasteiger partial charge in [-0.05, 0) is 60.9 Å². The molecule has 2 amide bonds. The maximum absolute atomic E-state index is 13.0. The van der Waals surface area contributed by atoms with Crippen LogP contribution in [0.5, 0.6) is 0 Å². The fourth-order valence-corrected chi connectivity index (χ4v) is 4.63. The number of hydrogen-bond donors (Lipinski definition) is 3. The van der Waals surface area contributed by atoms with Gasteiger partial charge in [-0.15, -0.1) is 11.3 Å². The zero-order valence-corrected chi connectivity index (χ0v) is 19.2. The van der Waals surface area contributed by atoms with Crippen molar-refractivity contribution in [1.29, 1.82) is 0 Å². The van der Waals surface area contributed by atoms with Crippen LogP contribution in [0.2, 0.25) is 0 Å². The predicted octanol–water partition coefficient (Wildman–Crippen LogP) is 4.80. The smallest absolute Gasteiger partial charge is 0.407 e. The molecule has 1 atom stereocenters. The number of anilines is 1. The summed E-state index contributed by atoms with van der Waals surface area (Å²) in [5, 5.41) is 15.3. The van der Waals surface area contributed by atoms with Crippen LogP contribution in [-0.4, -0.2) is 47.4 Å². The fraction of sp³-hybridized carbons (Fsp3) is 0.240. The number of aldehydes is 1. The van der Waals surface area contributed by atoms with Crippen LogP contribution >= 0.6 is 11.3 Å². The number of thiophene rings is 1. The van der Waals surface area contributed by atoms with Crippen LogP contribution in [0, 0.1) is 6.92 Å². The van der Waals surface area contributed by atoms with E-state index < -0.39 is 6.09 Å². The summed E-state index contributed by atoms with van der Waals surface area (Å²) in [5.74, 6) is -0.172. The summed E-state index contributed by atoms with van der Waals surface area (Å²) in [5.41, 5.74) is 4.20. The second-order valence-corrected chi connectivity index (χ2v) is 9.31. The first-order valence-corrected chi connectivity index (χ1v) is 11.5. The van der Waals surface area contributed by atoms with Crippen LogP contribution in [0.15, 0.2) is 54.6 Å². The molecule has 7 nitrogen and oxygen atoms in total. The number of likely N-dealkylation sites (tertiary alicyclic amines) is 1. The monoisotopic (exact) mass is 463 g/mol. The maximum Gasteiger partial charge on any atom is 0.407 e. The predicted molar refractivity (Wildman–Crippen MR) is 129 cm³/mol. The van der Waals surface area contributed by atoms with Gasteiger partial charge in [0.15, 0.2) is 6.29 Å². The summed E-state index contributed by atoms with van der Waals surface area (Å²) in [4.78, 5) is 38.0. The first kappa shape index (κ1) is 22.5. The van der Waals surface area contributed by atoms with E-state index in [4.69, 9.17) is 5.11 Å². The van der Waals surface area contributed by atoms with E-state index in [0.717, 1.165) is 33.5 Å². The number of rotatable bonds is 7. The van der Waals surface area contributed by atoms with Crippen molar-refractivity contribution in [2.75, 3.05) is 18.4 Å². The average Bonchev–Trinajstić information content (AvgIpc) is 3.26. The zero-order valence-electron chi connectivity index (χ0n) is 18.4. The Morgan fingerprint density at radius 1 is 1.15 bits per heavy atom. The Kier molecular flexibility index (Phi) is 6.46. The molecule has 1 aliphatic heterocycles. The quantitative estimate of drug-likeness (QED) is 0.437. The lowest BCUT2D eigenvalue weighted by molar-refractivity contribution is 0.0939. The molecule has 0 unspecified atom stereocenters. The van der Waals surface area contributed by atoms with Gasteiger partial charge in [-0.3, -0.25) is 9.59 Å².